The summed E-state index contributed by atoms with van der Waals surface area (Å²) in [7, 11) is 0. The van der Waals surface area contributed by atoms with E-state index in [2.05, 4.69) is 72.7 Å². The van der Waals surface area contributed by atoms with Gasteiger partial charge in [0.05, 0.1) is 11.2 Å². The van der Waals surface area contributed by atoms with Gasteiger partial charge in [-0.3, -0.25) is 0 Å². The SMILES string of the molecule is C=C(C)c1cc(-c2ccc(C3CC34CCN(C(=C)C3CC3)CC4)cc2)c2ccccc2n1. The summed E-state index contributed by atoms with van der Waals surface area (Å²) in [6.45, 7) is 12.9. The average Bonchev–Trinajstić information content (AvgIpc) is 3.75. The second-order valence-corrected chi connectivity index (χ2v) is 10.3. The molecule has 0 radical (unpaired) electrons. The zero-order valence-corrected chi connectivity index (χ0v) is 19.1. The Morgan fingerprint density at radius 3 is 2.41 bits per heavy atom. The van der Waals surface area contributed by atoms with Crippen molar-refractivity contribution in [1.82, 2.24) is 9.88 Å². The van der Waals surface area contributed by atoms with Crippen LogP contribution in [0.4, 0.5) is 0 Å². The maximum absolute atomic E-state index is 4.80. The Hall–Kier alpha value is -2.87. The maximum atomic E-state index is 4.80. The van der Waals surface area contributed by atoms with Crippen LogP contribution in [0.3, 0.4) is 0 Å². The van der Waals surface area contributed by atoms with E-state index in [1.165, 1.54) is 73.0 Å². The standard InChI is InChI=1S/C30H32N2/c1-20(2)29-18-26(25-6-4-5-7-28(25)31-29)23-10-12-24(13-11-23)27-19-30(27)14-16-32(17-15-30)21(3)22-8-9-22/h4-7,10-13,18,22,27H,1,3,8-9,14-17,19H2,2H3. The van der Waals surface area contributed by atoms with Crippen LogP contribution in [0.15, 0.2) is 73.5 Å². The predicted molar refractivity (Wildman–Crippen MR) is 134 cm³/mol. The number of allylic oxidation sites excluding steroid dienone is 2. The Morgan fingerprint density at radius 1 is 1.00 bits per heavy atom. The zero-order chi connectivity index (χ0) is 21.9. The summed E-state index contributed by atoms with van der Waals surface area (Å²) in [5, 5.41) is 1.21. The van der Waals surface area contributed by atoms with Crippen molar-refractivity contribution >= 4 is 16.5 Å². The molecule has 3 fully saturated rings. The minimum Gasteiger partial charge on any atom is -0.375 e. The highest BCUT2D eigenvalue weighted by Crippen LogP contribution is 2.65. The average molecular weight is 421 g/mol. The quantitative estimate of drug-likeness (QED) is 0.427. The van der Waals surface area contributed by atoms with Gasteiger partial charge in [-0.1, -0.05) is 55.6 Å². The van der Waals surface area contributed by atoms with Crippen LogP contribution in [0.1, 0.15) is 56.2 Å². The molecule has 2 aliphatic carbocycles. The van der Waals surface area contributed by atoms with E-state index in [-0.39, 0.29) is 0 Å². The minimum atomic E-state index is 0.540. The number of fused-ring (bicyclic) bond motifs is 1. The Bertz CT molecular complexity index is 1210. The van der Waals surface area contributed by atoms with Crippen LogP contribution in [0, 0.1) is 11.3 Å². The van der Waals surface area contributed by atoms with Gasteiger partial charge in [-0.2, -0.15) is 0 Å². The number of rotatable bonds is 5. The van der Waals surface area contributed by atoms with E-state index < -0.39 is 0 Å². The molecule has 1 saturated heterocycles. The van der Waals surface area contributed by atoms with Crippen molar-refractivity contribution in [2.75, 3.05) is 13.1 Å². The first-order chi connectivity index (χ1) is 15.5. The number of piperidine rings is 1. The van der Waals surface area contributed by atoms with Gasteiger partial charge in [0.1, 0.15) is 0 Å². The lowest BCUT2D eigenvalue weighted by Gasteiger charge is -2.36. The fourth-order valence-electron chi connectivity index (χ4n) is 5.81. The first-order valence-corrected chi connectivity index (χ1v) is 12.1. The lowest BCUT2D eigenvalue weighted by molar-refractivity contribution is 0.201. The van der Waals surface area contributed by atoms with Crippen molar-refractivity contribution < 1.29 is 0 Å². The lowest BCUT2D eigenvalue weighted by atomic mass is 9.88. The maximum Gasteiger partial charge on any atom is 0.0715 e. The van der Waals surface area contributed by atoms with Gasteiger partial charge < -0.3 is 4.90 Å². The molecule has 1 aromatic heterocycles. The van der Waals surface area contributed by atoms with Crippen LogP contribution in [-0.4, -0.2) is 23.0 Å². The molecule has 3 aromatic rings. The fraction of sp³-hybridized carbons (Fsp3) is 0.367. The molecule has 0 bridgehead atoms. The Kier molecular flexibility index (Phi) is 4.54. The monoisotopic (exact) mass is 420 g/mol. The van der Waals surface area contributed by atoms with Crippen molar-refractivity contribution in [3.8, 4) is 11.1 Å². The topological polar surface area (TPSA) is 16.1 Å². The molecule has 1 atom stereocenters. The van der Waals surface area contributed by atoms with Gasteiger partial charge in [0, 0.05) is 24.2 Å². The van der Waals surface area contributed by atoms with E-state index in [1.807, 2.05) is 6.92 Å². The van der Waals surface area contributed by atoms with Crippen molar-refractivity contribution in [2.45, 2.75) is 44.9 Å². The molecular weight excluding hydrogens is 388 g/mol. The van der Waals surface area contributed by atoms with E-state index in [4.69, 9.17) is 4.98 Å². The Labute approximate surface area is 191 Å². The van der Waals surface area contributed by atoms with Crippen LogP contribution >= 0.6 is 0 Å². The van der Waals surface area contributed by atoms with Gasteiger partial charge in [0.15, 0.2) is 0 Å². The van der Waals surface area contributed by atoms with E-state index in [0.29, 0.717) is 5.41 Å². The molecule has 6 rings (SSSR count). The number of pyridine rings is 1. The molecule has 2 nitrogen and oxygen atoms in total. The van der Waals surface area contributed by atoms with Crippen molar-refractivity contribution in [3.05, 3.63) is 84.7 Å². The summed E-state index contributed by atoms with van der Waals surface area (Å²) in [5.74, 6) is 1.52. The van der Waals surface area contributed by atoms with Gasteiger partial charge in [-0.05, 0) is 90.7 Å². The molecular formula is C30H32N2. The summed E-state index contributed by atoms with van der Waals surface area (Å²) < 4.78 is 0. The second-order valence-electron chi connectivity index (χ2n) is 10.3. The summed E-state index contributed by atoms with van der Waals surface area (Å²) >= 11 is 0. The molecule has 1 unspecified atom stereocenters. The van der Waals surface area contributed by atoms with Gasteiger partial charge in [0.2, 0.25) is 0 Å². The summed E-state index contributed by atoms with van der Waals surface area (Å²) in [5.41, 5.74) is 9.00. The zero-order valence-electron chi connectivity index (χ0n) is 19.1. The molecule has 0 amide bonds. The first-order valence-electron chi connectivity index (χ1n) is 12.1. The van der Waals surface area contributed by atoms with Crippen LogP contribution in [0.5, 0.6) is 0 Å². The van der Waals surface area contributed by atoms with Crippen LogP contribution < -0.4 is 0 Å². The molecule has 3 aliphatic rings. The number of hydrogen-bond acceptors (Lipinski definition) is 2. The van der Waals surface area contributed by atoms with E-state index in [1.54, 1.807) is 0 Å². The van der Waals surface area contributed by atoms with Crippen molar-refractivity contribution in [2.24, 2.45) is 11.3 Å². The first kappa shape index (κ1) is 19.8. The highest BCUT2D eigenvalue weighted by atomic mass is 15.2. The smallest absolute Gasteiger partial charge is 0.0715 e. The number of para-hydroxylation sites is 1. The number of benzene rings is 2. The van der Waals surface area contributed by atoms with Crippen LogP contribution in [-0.2, 0) is 0 Å². The largest absolute Gasteiger partial charge is 0.375 e. The van der Waals surface area contributed by atoms with Gasteiger partial charge in [0.25, 0.3) is 0 Å². The fourth-order valence-corrected chi connectivity index (χ4v) is 5.81. The highest BCUT2D eigenvalue weighted by molar-refractivity contribution is 5.95. The molecule has 2 heteroatoms. The van der Waals surface area contributed by atoms with Crippen LogP contribution in [0.25, 0.3) is 27.6 Å². The third kappa shape index (κ3) is 3.37. The van der Waals surface area contributed by atoms with Gasteiger partial charge in [-0.15, -0.1) is 0 Å². The van der Waals surface area contributed by atoms with Gasteiger partial charge in [-0.25, -0.2) is 4.98 Å². The minimum absolute atomic E-state index is 0.540. The van der Waals surface area contributed by atoms with E-state index in [0.717, 1.165) is 28.6 Å². The predicted octanol–water partition coefficient (Wildman–Crippen LogP) is 7.43. The molecule has 1 spiro atoms. The molecule has 32 heavy (non-hydrogen) atoms. The number of aromatic nitrogens is 1. The summed E-state index contributed by atoms with van der Waals surface area (Å²) in [6, 6.07) is 20.0. The third-order valence-corrected chi connectivity index (χ3v) is 8.18. The third-order valence-electron chi connectivity index (χ3n) is 8.18. The number of nitrogens with zero attached hydrogens (tertiary/aromatic N) is 2. The molecule has 2 aromatic carbocycles. The second kappa shape index (κ2) is 7.33. The van der Waals surface area contributed by atoms with Crippen molar-refractivity contribution in [1.29, 1.82) is 0 Å². The molecule has 2 heterocycles. The molecule has 1 aliphatic heterocycles. The molecule has 162 valence electrons. The summed E-state index contributed by atoms with van der Waals surface area (Å²) in [4.78, 5) is 7.38. The molecule has 2 saturated carbocycles. The Morgan fingerprint density at radius 2 is 1.72 bits per heavy atom. The highest BCUT2D eigenvalue weighted by Gasteiger charge is 2.55. The summed E-state index contributed by atoms with van der Waals surface area (Å²) in [6.07, 6.45) is 6.71. The lowest BCUT2D eigenvalue weighted by Crippen LogP contribution is -2.34. The van der Waals surface area contributed by atoms with Crippen molar-refractivity contribution in [3.63, 3.8) is 0 Å². The Balaban J connectivity index is 1.22. The van der Waals surface area contributed by atoms with E-state index in [9.17, 15) is 0 Å². The van der Waals surface area contributed by atoms with Gasteiger partial charge >= 0.3 is 0 Å². The number of hydrogen-bond donors (Lipinski definition) is 0. The number of likely N-dealkylation sites (tertiary alicyclic amines) is 1. The van der Waals surface area contributed by atoms with Crippen LogP contribution in [0.2, 0.25) is 0 Å². The van der Waals surface area contributed by atoms with E-state index >= 15 is 0 Å². The normalized spacial score (nSPS) is 21.7. The molecule has 0 N–H and O–H groups in total.